The number of aromatic nitrogens is 4. The highest BCUT2D eigenvalue weighted by Crippen LogP contribution is 2.63. The fraction of sp³-hybridized carbons (Fsp3) is 0.440. The zero-order valence-electron chi connectivity index (χ0n) is 38.3. The fourth-order valence-corrected chi connectivity index (χ4v) is 14.0. The fourth-order valence-electron chi connectivity index (χ4n) is 11.9. The third-order valence-corrected chi connectivity index (χ3v) is 17.4. The van der Waals surface area contributed by atoms with Crippen molar-refractivity contribution < 1.29 is 28.7 Å². The molecule has 4 saturated carbocycles. The summed E-state index contributed by atoms with van der Waals surface area (Å²) in [5, 5.41) is 31.2. The Morgan fingerprint density at radius 1 is 0.681 bits per heavy atom. The van der Waals surface area contributed by atoms with Gasteiger partial charge in [0.1, 0.15) is 0 Å². The minimum absolute atomic E-state index is 0.00645. The number of carbonyl (C=O) groups excluding carboxylic acids is 4. The van der Waals surface area contributed by atoms with Crippen LogP contribution in [0.1, 0.15) is 116 Å². The number of hydrogen-bond donors (Lipinski definition) is 5. The lowest BCUT2D eigenvalue weighted by Gasteiger charge is -2.57. The minimum Gasteiger partial charge on any atom is -0.457 e. The van der Waals surface area contributed by atoms with E-state index < -0.39 is 5.43 Å². The van der Waals surface area contributed by atoms with E-state index in [4.69, 9.17) is 4.74 Å². The quantitative estimate of drug-likeness (QED) is 0.102. The van der Waals surface area contributed by atoms with Crippen molar-refractivity contribution in [2.24, 2.45) is 10.8 Å². The van der Waals surface area contributed by atoms with Crippen LogP contribution in [0.25, 0.3) is 21.5 Å². The van der Waals surface area contributed by atoms with Crippen LogP contribution in [0.5, 0.6) is 0 Å². The van der Waals surface area contributed by atoms with Crippen molar-refractivity contribution in [1.29, 1.82) is 0 Å². The summed E-state index contributed by atoms with van der Waals surface area (Å²) in [6.07, 6.45) is 9.61. The van der Waals surface area contributed by atoms with E-state index in [1.807, 2.05) is 59.3 Å². The van der Waals surface area contributed by atoms with Gasteiger partial charge >= 0.3 is 11.5 Å². The molecule has 16 nitrogen and oxygen atoms in total. The second-order valence-corrected chi connectivity index (χ2v) is 21.7. The molecule has 4 aromatic heterocycles. The topological polar surface area (TPSA) is 218 Å². The molecule has 360 valence electrons. The summed E-state index contributed by atoms with van der Waals surface area (Å²) in [5.74, 6) is 0.825. The molecule has 0 saturated heterocycles. The number of nitrogens with zero attached hydrogens (tertiary/aromatic N) is 3. The highest BCUT2D eigenvalue weighted by Gasteiger charge is 2.55. The number of rotatable bonds is 6. The molecule has 6 aliphatic rings. The number of halogens is 1. The van der Waals surface area contributed by atoms with E-state index in [9.17, 15) is 28.8 Å². The number of amides is 3. The molecule has 0 atom stereocenters. The first kappa shape index (κ1) is 46.8. The maximum atomic E-state index is 13.0. The van der Waals surface area contributed by atoms with Crippen LogP contribution < -0.4 is 27.1 Å². The van der Waals surface area contributed by atoms with Crippen molar-refractivity contribution in [3.05, 3.63) is 123 Å². The van der Waals surface area contributed by atoms with Gasteiger partial charge in [-0.1, -0.05) is 36.4 Å². The minimum atomic E-state index is -0.773. The summed E-state index contributed by atoms with van der Waals surface area (Å²) in [4.78, 5) is 75.1. The molecule has 4 fully saturated rings. The maximum Gasteiger partial charge on any atom is 0.409 e. The molecule has 6 aromatic rings. The van der Waals surface area contributed by atoms with Crippen LogP contribution in [0, 0.1) is 10.8 Å². The van der Waals surface area contributed by atoms with Crippen molar-refractivity contribution in [2.75, 3.05) is 27.3 Å². The van der Waals surface area contributed by atoms with Crippen LogP contribution in [0.3, 0.4) is 0 Å². The number of methoxy groups -OCH3 is 2. The first-order valence-corrected chi connectivity index (χ1v) is 25.5. The SMILES string of the molecule is COC(=O)Cl.COC(=O)N1CCc2c(C(=O)NC3CC4(C3)CC(c3n[nH]c(=O)c5ccccc35)C4)csc2C1.O=C(NC1CC2(C1)CC(c1n[nH]c(=O)c3ccccc13)C2)c1csc2c1CCNC2. The van der Waals surface area contributed by atoms with Crippen LogP contribution >= 0.6 is 34.3 Å². The number of thiophene rings is 2. The summed E-state index contributed by atoms with van der Waals surface area (Å²) >= 11 is 7.83. The van der Waals surface area contributed by atoms with Gasteiger partial charge in [-0.3, -0.25) is 19.2 Å². The van der Waals surface area contributed by atoms with E-state index in [0.717, 1.165) is 120 Å². The van der Waals surface area contributed by atoms with Crippen LogP contribution in [0.4, 0.5) is 9.59 Å². The summed E-state index contributed by atoms with van der Waals surface area (Å²) in [6, 6.07) is 15.8. The lowest BCUT2D eigenvalue weighted by molar-refractivity contribution is -0.0199. The predicted octanol–water partition coefficient (Wildman–Crippen LogP) is 7.64. The summed E-state index contributed by atoms with van der Waals surface area (Å²) < 4.78 is 8.70. The van der Waals surface area contributed by atoms with Crippen molar-refractivity contribution in [2.45, 2.75) is 101 Å². The van der Waals surface area contributed by atoms with Crippen molar-refractivity contribution in [1.82, 2.24) is 41.2 Å². The standard InChI is InChI=1S/C25H26N4O4S.C23H24N4O2S.C2H3ClO2/c1-33-24(32)29-7-6-16-19(13-34-20(16)12-29)22(30)26-15-10-25(11-15)8-14(9-25)21-17-4-2-3-5-18(17)23(31)28-27-21;28-21(18-12-30-19-11-24-6-5-15(18)19)25-14-9-23(10-14)7-13(8-23)20-16-3-1-2-4-17(16)22(29)27-26-20;1-5-2(3)4/h2-5,13-15H,6-12H2,1H3,(H,26,30)(H,28,31);1-4,12-14,24H,5-11H2,(H,25,28)(H,27,29);1H3. The number of nitrogens with one attached hydrogen (secondary N) is 5. The average molecular weight is 994 g/mol. The van der Waals surface area contributed by atoms with Gasteiger partial charge in [-0.25, -0.2) is 19.8 Å². The summed E-state index contributed by atoms with van der Waals surface area (Å²) in [5.41, 5.74) is 5.51. The Kier molecular flexibility index (Phi) is 12.9. The van der Waals surface area contributed by atoms with E-state index >= 15 is 0 Å². The van der Waals surface area contributed by atoms with Gasteiger partial charge in [0.05, 0.1) is 54.1 Å². The molecule has 2 aliphatic heterocycles. The van der Waals surface area contributed by atoms with Gasteiger partial charge in [0.15, 0.2) is 0 Å². The van der Waals surface area contributed by atoms with E-state index in [2.05, 4.69) is 52.7 Å². The molecule has 3 amide bonds. The number of benzene rings is 2. The monoisotopic (exact) mass is 992 g/mol. The Balaban J connectivity index is 0.000000147. The number of carbonyl (C=O) groups is 4. The zero-order valence-corrected chi connectivity index (χ0v) is 40.7. The summed E-state index contributed by atoms with van der Waals surface area (Å²) in [6.45, 7) is 2.90. The number of aromatic amines is 2. The third kappa shape index (κ3) is 9.19. The first-order chi connectivity index (χ1) is 33.3. The van der Waals surface area contributed by atoms with Gasteiger partial charge in [0.2, 0.25) is 0 Å². The van der Waals surface area contributed by atoms with Gasteiger partial charge in [-0.15, -0.1) is 22.7 Å². The Morgan fingerprint density at radius 3 is 1.62 bits per heavy atom. The Labute approximate surface area is 409 Å². The summed E-state index contributed by atoms with van der Waals surface area (Å²) in [7, 11) is 2.61. The van der Waals surface area contributed by atoms with Crippen LogP contribution in [-0.2, 0) is 35.4 Å². The number of fused-ring (bicyclic) bond motifs is 4. The van der Waals surface area contributed by atoms with E-state index in [-0.39, 0.29) is 46.5 Å². The zero-order chi connectivity index (χ0) is 48.0. The van der Waals surface area contributed by atoms with Crippen LogP contribution in [-0.4, -0.2) is 88.0 Å². The molecule has 2 spiro atoms. The van der Waals surface area contributed by atoms with Gasteiger partial charge in [-0.05, 0) is 105 Å². The van der Waals surface area contributed by atoms with Crippen molar-refractivity contribution in [3.8, 4) is 0 Å². The molecule has 2 aromatic carbocycles. The van der Waals surface area contributed by atoms with Crippen molar-refractivity contribution in [3.63, 3.8) is 0 Å². The number of H-pyrrole nitrogens is 2. The molecular weight excluding hydrogens is 940 g/mol. The smallest absolute Gasteiger partial charge is 0.409 e. The molecule has 0 radical (unpaired) electrons. The molecule has 5 N–H and O–H groups in total. The second-order valence-electron chi connectivity index (χ2n) is 19.4. The first-order valence-electron chi connectivity index (χ1n) is 23.4. The van der Waals surface area contributed by atoms with Gasteiger partial charge in [0.25, 0.3) is 22.9 Å². The molecule has 4 aliphatic carbocycles. The van der Waals surface area contributed by atoms with E-state index in [1.54, 1.807) is 16.2 Å². The Bertz CT molecular complexity index is 3080. The van der Waals surface area contributed by atoms with E-state index in [0.29, 0.717) is 42.1 Å². The number of hydrogen-bond acceptors (Lipinski definition) is 13. The predicted molar refractivity (Wildman–Crippen MR) is 263 cm³/mol. The molecule has 0 bridgehead atoms. The lowest BCUT2D eigenvalue weighted by atomic mass is 9.49. The van der Waals surface area contributed by atoms with Gasteiger partial charge in [-0.2, -0.15) is 10.2 Å². The lowest BCUT2D eigenvalue weighted by Crippen LogP contribution is -2.55. The molecule has 0 unspecified atom stereocenters. The largest absolute Gasteiger partial charge is 0.457 e. The number of ether oxygens (including phenoxy) is 2. The van der Waals surface area contributed by atoms with E-state index in [1.165, 1.54) is 36.0 Å². The second kappa shape index (κ2) is 19.1. The normalized spacial score (nSPS) is 24.9. The molecule has 12 rings (SSSR count). The molecule has 6 heterocycles. The van der Waals surface area contributed by atoms with Gasteiger partial charge < -0.3 is 30.3 Å². The Hall–Kier alpha value is -5.95. The maximum absolute atomic E-state index is 13.0. The Morgan fingerprint density at radius 2 is 1.14 bits per heavy atom. The average Bonchev–Trinajstić information content (AvgIpc) is 3.96. The van der Waals surface area contributed by atoms with Crippen LogP contribution in [0.2, 0.25) is 0 Å². The van der Waals surface area contributed by atoms with Crippen molar-refractivity contribution >= 4 is 79.2 Å². The molecule has 69 heavy (non-hydrogen) atoms. The molecular formula is C50H53ClN8O8S2. The highest BCUT2D eigenvalue weighted by molar-refractivity contribution is 7.10. The van der Waals surface area contributed by atoms with Gasteiger partial charge in [0, 0.05) is 79.9 Å². The molecule has 19 heteroatoms. The van der Waals surface area contributed by atoms with Crippen LogP contribution in [0.15, 0.2) is 68.9 Å². The highest BCUT2D eigenvalue weighted by atomic mass is 35.5. The third-order valence-electron chi connectivity index (χ3n) is 15.2.